The first-order valence-electron chi connectivity index (χ1n) is 3.12. The predicted molar refractivity (Wildman–Crippen MR) is 46.7 cm³/mol. The van der Waals surface area contributed by atoms with Crippen molar-refractivity contribution < 1.29 is 42.7 Å². The fraction of sp³-hybridized carbons (Fsp3) is 0.333. The molecule has 0 atom stereocenters. The molecular weight excluding hydrogens is 221 g/mol. The molecule has 0 aliphatic rings. The molecule has 0 N–H and O–H groups in total. The van der Waals surface area contributed by atoms with Gasteiger partial charge in [0.15, 0.2) is 0 Å². The van der Waals surface area contributed by atoms with Crippen LogP contribution in [0.4, 0.5) is 0 Å². The van der Waals surface area contributed by atoms with E-state index in [2.05, 4.69) is 9.46 Å². The predicted octanol–water partition coefficient (Wildman–Crippen LogP) is -1.58. The van der Waals surface area contributed by atoms with E-state index in [0.29, 0.717) is 0 Å². The van der Waals surface area contributed by atoms with Crippen LogP contribution < -0.4 is 29.6 Å². The summed E-state index contributed by atoms with van der Waals surface area (Å²) in [7, 11) is -2.07. The summed E-state index contributed by atoms with van der Waals surface area (Å²) in [6.45, 7) is -0.127. The van der Waals surface area contributed by atoms with Gasteiger partial charge in [-0.3, -0.25) is 0 Å². The maximum Gasteiger partial charge on any atom is 1.00 e. The number of sulfonamides is 1. The van der Waals surface area contributed by atoms with Crippen LogP contribution in [0.25, 0.3) is 4.72 Å². The van der Waals surface area contributed by atoms with Gasteiger partial charge in [0.05, 0.1) is 4.90 Å². The maximum absolute atomic E-state index is 11.2. The molecule has 0 aliphatic heterocycles. The monoisotopic (exact) mass is 229 g/mol. The van der Waals surface area contributed by atoms with Gasteiger partial charge in [0.1, 0.15) is 10.0 Å². The second-order valence-electron chi connectivity index (χ2n) is 1.98. The Kier molecular flexibility index (Phi) is 6.40. The number of hydrogen-bond acceptors (Lipinski definition) is 4. The number of thiophene rings is 1. The Balaban J connectivity index is 0.00000144. The Morgan fingerprint density at radius 2 is 2.31 bits per heavy atom. The fourth-order valence-corrected chi connectivity index (χ4v) is 2.48. The van der Waals surface area contributed by atoms with E-state index < -0.39 is 10.0 Å². The molecule has 1 aromatic rings. The van der Waals surface area contributed by atoms with E-state index >= 15 is 0 Å². The molecule has 13 heavy (non-hydrogen) atoms. The van der Waals surface area contributed by atoms with Crippen molar-refractivity contribution >= 4 is 21.4 Å². The second-order valence-corrected chi connectivity index (χ2v) is 4.44. The third-order valence-electron chi connectivity index (χ3n) is 1.14. The smallest absolute Gasteiger partial charge is 0.522 e. The molecule has 0 aromatic carbocycles. The number of ether oxygens (including phenoxy) is 1. The first kappa shape index (κ1) is 13.6. The van der Waals surface area contributed by atoms with Crippen LogP contribution in [0.2, 0.25) is 0 Å². The van der Waals surface area contributed by atoms with E-state index in [0.717, 1.165) is 0 Å². The molecule has 0 saturated heterocycles. The SMILES string of the molecule is COC[N-]S(=O)(=O)c1ccsc1.[Na+]. The van der Waals surface area contributed by atoms with Gasteiger partial charge in [0.25, 0.3) is 0 Å². The molecule has 1 heterocycles. The van der Waals surface area contributed by atoms with Gasteiger partial charge < -0.3 is 9.46 Å². The van der Waals surface area contributed by atoms with Crippen LogP contribution in [0, 0.1) is 0 Å². The van der Waals surface area contributed by atoms with Crippen LogP contribution >= 0.6 is 11.3 Å². The zero-order chi connectivity index (χ0) is 9.03. The van der Waals surface area contributed by atoms with Crippen LogP contribution in [0.15, 0.2) is 21.7 Å². The molecule has 68 valence electrons. The summed E-state index contributed by atoms with van der Waals surface area (Å²) in [5.41, 5.74) is 0. The molecule has 0 unspecified atom stereocenters. The van der Waals surface area contributed by atoms with Crippen molar-refractivity contribution in [2.45, 2.75) is 4.90 Å². The standard InChI is InChI=1S/C6H8NO3S2.Na/c1-10-5-7-12(8,9)6-2-3-11-4-6;/h2-4H,5H2,1H3;/q-1;+1. The Morgan fingerprint density at radius 3 is 2.77 bits per heavy atom. The summed E-state index contributed by atoms with van der Waals surface area (Å²) in [5, 5.41) is 3.23. The summed E-state index contributed by atoms with van der Waals surface area (Å²) >= 11 is 1.32. The molecule has 1 rings (SSSR count). The minimum Gasteiger partial charge on any atom is -0.522 e. The molecule has 0 aliphatic carbocycles. The Bertz CT molecular complexity index is 322. The van der Waals surface area contributed by atoms with Gasteiger partial charge in [0.2, 0.25) is 0 Å². The normalized spacial score (nSPS) is 10.8. The van der Waals surface area contributed by atoms with Gasteiger partial charge in [-0.15, -0.1) is 0 Å². The number of methoxy groups -OCH3 is 1. The molecule has 1 aromatic heterocycles. The summed E-state index contributed by atoms with van der Waals surface area (Å²) in [6.07, 6.45) is 0. The van der Waals surface area contributed by atoms with Gasteiger partial charge in [-0.1, -0.05) is 0 Å². The van der Waals surface area contributed by atoms with E-state index in [9.17, 15) is 8.42 Å². The molecule has 0 radical (unpaired) electrons. The summed E-state index contributed by atoms with van der Waals surface area (Å²) < 4.78 is 30.3. The van der Waals surface area contributed by atoms with Crippen LogP contribution in [0.1, 0.15) is 0 Å². The van der Waals surface area contributed by atoms with Crippen LogP contribution in [0.3, 0.4) is 0 Å². The van der Waals surface area contributed by atoms with Crippen LogP contribution in [0.5, 0.6) is 0 Å². The van der Waals surface area contributed by atoms with E-state index in [1.807, 2.05) is 0 Å². The third kappa shape index (κ3) is 4.07. The van der Waals surface area contributed by atoms with Gasteiger partial charge in [0, 0.05) is 12.5 Å². The topological polar surface area (TPSA) is 57.5 Å². The molecule has 0 fully saturated rings. The van der Waals surface area contributed by atoms with E-state index in [1.54, 1.807) is 5.38 Å². The van der Waals surface area contributed by atoms with Gasteiger partial charge >= 0.3 is 29.6 Å². The van der Waals surface area contributed by atoms with E-state index in [-0.39, 0.29) is 41.2 Å². The summed E-state index contributed by atoms with van der Waals surface area (Å²) in [6, 6.07) is 1.51. The second kappa shape index (κ2) is 6.13. The average Bonchev–Trinajstić information content (AvgIpc) is 2.53. The van der Waals surface area contributed by atoms with Crippen molar-refractivity contribution in [2.24, 2.45) is 0 Å². The maximum atomic E-state index is 11.2. The van der Waals surface area contributed by atoms with Crippen molar-refractivity contribution in [3.8, 4) is 0 Å². The molecule has 0 amide bonds. The molecular formula is C6H8NNaO3S2. The van der Waals surface area contributed by atoms with Gasteiger partial charge in [-0.05, 0) is 18.2 Å². The minimum atomic E-state index is -3.47. The number of rotatable bonds is 4. The zero-order valence-electron chi connectivity index (χ0n) is 7.43. The zero-order valence-corrected chi connectivity index (χ0v) is 11.1. The fourth-order valence-electron chi connectivity index (χ4n) is 0.595. The average molecular weight is 229 g/mol. The first-order valence-corrected chi connectivity index (χ1v) is 5.50. The summed E-state index contributed by atoms with van der Waals surface area (Å²) in [5.74, 6) is 0. The van der Waals surface area contributed by atoms with E-state index in [1.165, 1.54) is 29.9 Å². The van der Waals surface area contributed by atoms with Gasteiger partial charge in [-0.25, -0.2) is 8.42 Å². The molecule has 4 nitrogen and oxygen atoms in total. The molecule has 0 spiro atoms. The molecule has 0 bridgehead atoms. The van der Waals surface area contributed by atoms with Crippen LogP contribution in [-0.4, -0.2) is 22.3 Å². The Morgan fingerprint density at radius 1 is 1.62 bits per heavy atom. The summed E-state index contributed by atoms with van der Waals surface area (Å²) in [4.78, 5) is 0.226. The number of nitrogens with zero attached hydrogens (tertiary/aromatic N) is 1. The first-order chi connectivity index (χ1) is 5.67. The third-order valence-corrected chi connectivity index (χ3v) is 3.27. The molecule has 7 heteroatoms. The van der Waals surface area contributed by atoms with Crippen molar-refractivity contribution in [1.82, 2.24) is 0 Å². The van der Waals surface area contributed by atoms with E-state index in [4.69, 9.17) is 0 Å². The quantitative estimate of drug-likeness (QED) is 0.585. The Hall–Kier alpha value is 0.570. The largest absolute Gasteiger partial charge is 1.00 e. The van der Waals surface area contributed by atoms with Crippen molar-refractivity contribution in [1.29, 1.82) is 0 Å². The molecule has 0 saturated carbocycles. The Labute approximate surface area is 104 Å². The van der Waals surface area contributed by atoms with Gasteiger partial charge in [-0.2, -0.15) is 11.3 Å². The van der Waals surface area contributed by atoms with Crippen molar-refractivity contribution in [3.63, 3.8) is 0 Å². The van der Waals surface area contributed by atoms with Crippen molar-refractivity contribution in [2.75, 3.05) is 13.8 Å². The number of hydrogen-bond donors (Lipinski definition) is 0. The van der Waals surface area contributed by atoms with Crippen molar-refractivity contribution in [3.05, 3.63) is 21.5 Å². The van der Waals surface area contributed by atoms with Crippen LogP contribution in [-0.2, 0) is 14.8 Å². The minimum absolute atomic E-state index is 0.